The van der Waals surface area contributed by atoms with E-state index in [-0.39, 0.29) is 24.3 Å². The fraction of sp³-hybridized carbons (Fsp3) is 0.438. The molecule has 5 rings (SSSR count). The summed E-state index contributed by atoms with van der Waals surface area (Å²) < 4.78 is 2.61. The Bertz CT molecular complexity index is 1420. The third kappa shape index (κ3) is 5.44. The SMILES string of the molecule is CCc1cc(-c2cnn3c2C(C)CCC(C2CCN(C(=O)C(C)CO)CC2)=C(Br)C3=N)cnc1-c1ccccc1. The Morgan fingerprint density at radius 1 is 1.15 bits per heavy atom. The summed E-state index contributed by atoms with van der Waals surface area (Å²) in [6.07, 6.45) is 8.28. The minimum atomic E-state index is -0.358. The Hall–Kier alpha value is -3.10. The van der Waals surface area contributed by atoms with Crippen molar-refractivity contribution in [3.05, 3.63) is 70.1 Å². The average molecular weight is 605 g/mol. The Morgan fingerprint density at radius 2 is 1.88 bits per heavy atom. The van der Waals surface area contributed by atoms with Crippen molar-refractivity contribution in [1.82, 2.24) is 19.7 Å². The molecule has 4 heterocycles. The van der Waals surface area contributed by atoms with Gasteiger partial charge in [-0.25, -0.2) is 4.68 Å². The van der Waals surface area contributed by atoms with Crippen molar-refractivity contribution in [2.45, 2.75) is 58.8 Å². The molecule has 210 valence electrons. The highest BCUT2D eigenvalue weighted by Gasteiger charge is 2.32. The number of benzene rings is 1. The number of fused-ring (bicyclic) bond motifs is 1. The number of amides is 1. The molecular weight excluding hydrogens is 566 g/mol. The van der Waals surface area contributed by atoms with Crippen LogP contribution in [0.1, 0.15) is 63.6 Å². The van der Waals surface area contributed by atoms with Crippen LogP contribution in [0.4, 0.5) is 0 Å². The van der Waals surface area contributed by atoms with Gasteiger partial charge in [-0.05, 0) is 77.1 Å². The summed E-state index contributed by atoms with van der Waals surface area (Å²) in [5.41, 5.74) is 7.70. The van der Waals surface area contributed by atoms with Crippen molar-refractivity contribution < 1.29 is 9.90 Å². The highest BCUT2D eigenvalue weighted by Crippen LogP contribution is 2.40. The lowest BCUT2D eigenvalue weighted by Gasteiger charge is -2.35. The van der Waals surface area contributed by atoms with Crippen molar-refractivity contribution in [3.8, 4) is 22.4 Å². The van der Waals surface area contributed by atoms with Crippen LogP contribution < -0.4 is 0 Å². The molecule has 40 heavy (non-hydrogen) atoms. The van der Waals surface area contributed by atoms with E-state index < -0.39 is 0 Å². The Balaban J connectivity index is 1.43. The first-order chi connectivity index (χ1) is 19.3. The molecule has 1 aromatic carbocycles. The van der Waals surface area contributed by atoms with Crippen LogP contribution in [-0.4, -0.2) is 56.2 Å². The van der Waals surface area contributed by atoms with Crippen LogP contribution in [0.5, 0.6) is 0 Å². The monoisotopic (exact) mass is 603 g/mol. The molecule has 2 aromatic heterocycles. The van der Waals surface area contributed by atoms with E-state index in [1.54, 1.807) is 11.6 Å². The van der Waals surface area contributed by atoms with Gasteiger partial charge in [-0.1, -0.05) is 51.1 Å². The van der Waals surface area contributed by atoms with Gasteiger partial charge in [0.15, 0.2) is 5.84 Å². The summed E-state index contributed by atoms with van der Waals surface area (Å²) in [4.78, 5) is 19.3. The molecule has 7 nitrogen and oxygen atoms in total. The van der Waals surface area contributed by atoms with Crippen molar-refractivity contribution >= 4 is 27.7 Å². The number of aromatic nitrogens is 3. The molecule has 0 spiro atoms. The Labute approximate surface area is 245 Å². The summed E-state index contributed by atoms with van der Waals surface area (Å²) in [7, 11) is 0. The largest absolute Gasteiger partial charge is 0.396 e. The summed E-state index contributed by atoms with van der Waals surface area (Å²) in [6, 6.07) is 12.5. The number of hydrogen-bond acceptors (Lipinski definition) is 5. The highest BCUT2D eigenvalue weighted by atomic mass is 79.9. The van der Waals surface area contributed by atoms with E-state index in [0.717, 1.165) is 64.7 Å². The number of likely N-dealkylation sites (tertiary alicyclic amines) is 1. The van der Waals surface area contributed by atoms with Crippen LogP contribution in [0.15, 0.2) is 58.8 Å². The van der Waals surface area contributed by atoms with Gasteiger partial charge in [0.05, 0.1) is 34.6 Å². The van der Waals surface area contributed by atoms with E-state index in [1.807, 2.05) is 35.5 Å². The molecule has 2 unspecified atom stereocenters. The first kappa shape index (κ1) is 28.4. The van der Waals surface area contributed by atoms with Gasteiger partial charge in [-0.15, -0.1) is 0 Å². The Morgan fingerprint density at radius 3 is 2.55 bits per heavy atom. The molecule has 1 saturated heterocycles. The van der Waals surface area contributed by atoms with Gasteiger partial charge in [0.2, 0.25) is 5.91 Å². The topological polar surface area (TPSA) is 95.1 Å². The summed E-state index contributed by atoms with van der Waals surface area (Å²) in [5, 5.41) is 23.2. The second-order valence-corrected chi connectivity index (χ2v) is 11.9. The summed E-state index contributed by atoms with van der Waals surface area (Å²) >= 11 is 3.80. The van der Waals surface area contributed by atoms with Gasteiger partial charge in [0.25, 0.3) is 0 Å². The number of hydrogen-bond donors (Lipinski definition) is 2. The van der Waals surface area contributed by atoms with Crippen molar-refractivity contribution in [2.75, 3.05) is 19.7 Å². The van der Waals surface area contributed by atoms with E-state index in [4.69, 9.17) is 15.5 Å². The lowest BCUT2D eigenvalue weighted by atomic mass is 9.83. The number of aliphatic hydroxyl groups excluding tert-OH is 1. The van der Waals surface area contributed by atoms with Crippen molar-refractivity contribution in [2.24, 2.45) is 11.8 Å². The highest BCUT2D eigenvalue weighted by molar-refractivity contribution is 9.12. The molecule has 0 radical (unpaired) electrons. The molecule has 1 fully saturated rings. The van der Waals surface area contributed by atoms with Crippen LogP contribution in [0, 0.1) is 17.2 Å². The van der Waals surface area contributed by atoms with E-state index in [0.29, 0.717) is 24.8 Å². The number of aryl methyl sites for hydroxylation is 1. The van der Waals surface area contributed by atoms with Crippen LogP contribution >= 0.6 is 15.9 Å². The molecule has 2 aliphatic rings. The first-order valence-electron chi connectivity index (χ1n) is 14.3. The average Bonchev–Trinajstić information content (AvgIpc) is 3.45. The van der Waals surface area contributed by atoms with Crippen LogP contribution in [0.2, 0.25) is 0 Å². The van der Waals surface area contributed by atoms with Gasteiger partial charge >= 0.3 is 0 Å². The maximum absolute atomic E-state index is 12.6. The number of pyridine rings is 1. The zero-order valence-electron chi connectivity index (χ0n) is 23.5. The number of carbonyl (C=O) groups excluding carboxylic acids is 1. The lowest BCUT2D eigenvalue weighted by molar-refractivity contribution is -0.137. The molecule has 2 atom stereocenters. The number of rotatable bonds is 6. The molecule has 1 amide bonds. The summed E-state index contributed by atoms with van der Waals surface area (Å²) in [6.45, 7) is 7.41. The fourth-order valence-corrected chi connectivity index (χ4v) is 6.79. The minimum Gasteiger partial charge on any atom is -0.396 e. The lowest BCUT2D eigenvalue weighted by Crippen LogP contribution is -2.42. The first-order valence-corrected chi connectivity index (χ1v) is 15.1. The summed E-state index contributed by atoms with van der Waals surface area (Å²) in [5.74, 6) is 0.552. The molecule has 0 saturated carbocycles. The number of carbonyl (C=O) groups is 1. The van der Waals surface area contributed by atoms with Gasteiger partial charge in [0, 0.05) is 36.0 Å². The molecule has 2 aliphatic heterocycles. The minimum absolute atomic E-state index is 0.0271. The second-order valence-electron chi connectivity index (χ2n) is 11.1. The second kappa shape index (κ2) is 12.2. The van der Waals surface area contributed by atoms with Gasteiger partial charge in [0.1, 0.15) is 0 Å². The quantitative estimate of drug-likeness (QED) is 0.340. The van der Waals surface area contributed by atoms with Gasteiger partial charge < -0.3 is 10.0 Å². The maximum atomic E-state index is 12.6. The van der Waals surface area contributed by atoms with Crippen LogP contribution in [0.3, 0.4) is 0 Å². The normalized spacial score (nSPS) is 19.3. The zero-order chi connectivity index (χ0) is 28.4. The van der Waals surface area contributed by atoms with E-state index in [9.17, 15) is 9.90 Å². The number of nitrogens with zero attached hydrogens (tertiary/aromatic N) is 4. The number of piperidine rings is 1. The predicted molar refractivity (Wildman–Crippen MR) is 163 cm³/mol. The van der Waals surface area contributed by atoms with E-state index in [2.05, 4.69) is 48.0 Å². The number of halogens is 1. The third-order valence-corrected chi connectivity index (χ3v) is 9.41. The fourth-order valence-electron chi connectivity index (χ4n) is 6.10. The smallest absolute Gasteiger partial charge is 0.227 e. The molecular formula is C32H38BrN5O2. The zero-order valence-corrected chi connectivity index (χ0v) is 25.1. The van der Waals surface area contributed by atoms with Crippen LogP contribution in [0.25, 0.3) is 22.4 Å². The molecule has 0 aliphatic carbocycles. The molecule has 3 aromatic rings. The number of allylic oxidation sites excluding steroid dienone is 2. The van der Waals surface area contributed by atoms with Gasteiger partial charge in [-0.3, -0.25) is 15.2 Å². The molecule has 8 heteroatoms. The van der Waals surface area contributed by atoms with Crippen molar-refractivity contribution in [3.63, 3.8) is 0 Å². The standard InChI is InChI=1S/C32H38BrN5O2/c1-4-22-16-25(17-35-29(22)24-8-6-5-7-9-24)27-18-36-38-30(27)20(2)10-11-26(28(33)31(38)34)23-12-14-37(15-13-23)32(40)21(3)19-39/h5-9,16-18,20-21,23,34,39H,4,10-15,19H2,1-3H3. The molecule has 0 bridgehead atoms. The van der Waals surface area contributed by atoms with Crippen LogP contribution in [-0.2, 0) is 11.2 Å². The van der Waals surface area contributed by atoms with Gasteiger partial charge in [-0.2, -0.15) is 5.10 Å². The maximum Gasteiger partial charge on any atom is 0.227 e. The molecule has 2 N–H and O–H groups in total. The van der Waals surface area contributed by atoms with Crippen molar-refractivity contribution in [1.29, 1.82) is 5.41 Å². The third-order valence-electron chi connectivity index (χ3n) is 8.52. The predicted octanol–water partition coefficient (Wildman–Crippen LogP) is 6.41. The number of nitrogens with one attached hydrogen (secondary N) is 1. The Kier molecular flexibility index (Phi) is 8.66. The van der Waals surface area contributed by atoms with E-state index >= 15 is 0 Å². The van der Waals surface area contributed by atoms with E-state index in [1.165, 1.54) is 11.1 Å². The number of aliphatic hydroxyl groups is 1.